The molecule has 2 N–H and O–H groups in total. The van der Waals surface area contributed by atoms with E-state index in [0.29, 0.717) is 40.2 Å². The topological polar surface area (TPSA) is 109 Å². The molecule has 0 spiro atoms. The maximum Gasteiger partial charge on any atom is 0.273 e. The van der Waals surface area contributed by atoms with Crippen LogP contribution in [0.25, 0.3) is 10.3 Å². The predicted octanol–water partition coefficient (Wildman–Crippen LogP) is 2.64. The van der Waals surface area contributed by atoms with E-state index >= 15 is 0 Å². The number of fused-ring (bicyclic) bond motifs is 1. The molecule has 3 heterocycles. The zero-order chi connectivity index (χ0) is 22.9. The summed E-state index contributed by atoms with van der Waals surface area (Å²) in [6, 6.07) is 7.19. The van der Waals surface area contributed by atoms with E-state index < -0.39 is 0 Å². The lowest BCUT2D eigenvalue weighted by Gasteiger charge is -2.30. The van der Waals surface area contributed by atoms with E-state index in [-0.39, 0.29) is 29.8 Å². The van der Waals surface area contributed by atoms with Crippen molar-refractivity contribution < 1.29 is 9.59 Å². The smallest absolute Gasteiger partial charge is 0.273 e. The second-order valence-electron chi connectivity index (χ2n) is 8.43. The Kier molecular flexibility index (Phi) is 6.03. The van der Waals surface area contributed by atoms with E-state index in [1.807, 2.05) is 0 Å². The maximum atomic E-state index is 12.9. The minimum atomic E-state index is -0.350. The number of aromatic nitrogens is 3. The van der Waals surface area contributed by atoms with E-state index in [1.54, 1.807) is 24.3 Å². The van der Waals surface area contributed by atoms with E-state index in [0.717, 1.165) is 30.8 Å². The fourth-order valence-electron chi connectivity index (χ4n) is 3.88. The third-order valence-electron chi connectivity index (χ3n) is 5.85. The van der Waals surface area contributed by atoms with Gasteiger partial charge in [0.25, 0.3) is 5.56 Å². The summed E-state index contributed by atoms with van der Waals surface area (Å²) in [5, 5.41) is 7.04. The van der Waals surface area contributed by atoms with Crippen LogP contribution >= 0.6 is 22.9 Å². The number of benzene rings is 1. The number of nitrogens with one attached hydrogen (secondary N) is 2. The van der Waals surface area contributed by atoms with Crippen LogP contribution < -0.4 is 21.1 Å². The van der Waals surface area contributed by atoms with E-state index in [1.165, 1.54) is 22.2 Å². The lowest BCUT2D eigenvalue weighted by molar-refractivity contribution is -0.125. The van der Waals surface area contributed by atoms with E-state index in [4.69, 9.17) is 11.6 Å². The molecule has 0 bridgehead atoms. The number of hydrogen-bond donors (Lipinski definition) is 2. The molecule has 0 atom stereocenters. The van der Waals surface area contributed by atoms with Crippen LogP contribution in [0.3, 0.4) is 0 Å². The third kappa shape index (κ3) is 5.01. The predicted molar refractivity (Wildman–Crippen MR) is 128 cm³/mol. The molecule has 2 fully saturated rings. The molecule has 3 aromatic rings. The molecule has 0 radical (unpaired) electrons. The molecule has 1 aromatic carbocycles. The van der Waals surface area contributed by atoms with Crippen molar-refractivity contribution in [2.24, 2.45) is 5.92 Å². The van der Waals surface area contributed by atoms with Gasteiger partial charge in [0, 0.05) is 35.8 Å². The van der Waals surface area contributed by atoms with E-state index in [2.05, 4.69) is 25.5 Å². The zero-order valence-corrected chi connectivity index (χ0v) is 19.4. The van der Waals surface area contributed by atoms with Gasteiger partial charge in [0.1, 0.15) is 17.6 Å². The first-order valence-corrected chi connectivity index (χ1v) is 12.1. The molecule has 33 heavy (non-hydrogen) atoms. The summed E-state index contributed by atoms with van der Waals surface area (Å²) >= 11 is 7.22. The second-order valence-corrected chi connectivity index (χ2v) is 9.84. The molecule has 1 aliphatic heterocycles. The van der Waals surface area contributed by atoms with Crippen LogP contribution in [0.4, 0.5) is 10.8 Å². The van der Waals surface area contributed by atoms with Gasteiger partial charge in [-0.15, -0.1) is 0 Å². The molecule has 2 aromatic heterocycles. The number of hydrogen-bond acceptors (Lipinski definition) is 7. The number of nitrogens with zero attached hydrogens (tertiary/aromatic N) is 4. The summed E-state index contributed by atoms with van der Waals surface area (Å²) in [7, 11) is 0. The monoisotopic (exact) mass is 486 g/mol. The molecule has 1 aliphatic carbocycles. The first kappa shape index (κ1) is 21.8. The van der Waals surface area contributed by atoms with Crippen LogP contribution in [0.15, 0.2) is 35.4 Å². The highest BCUT2D eigenvalue weighted by molar-refractivity contribution is 7.22. The Hall–Kier alpha value is -2.98. The van der Waals surface area contributed by atoms with Crippen molar-refractivity contribution in [2.75, 3.05) is 23.3 Å². The number of anilines is 2. The van der Waals surface area contributed by atoms with Crippen LogP contribution in [0.5, 0.6) is 0 Å². The molecule has 11 heteroatoms. The van der Waals surface area contributed by atoms with Gasteiger partial charge in [-0.2, -0.15) is 4.98 Å². The van der Waals surface area contributed by atoms with Gasteiger partial charge in [0.2, 0.25) is 11.8 Å². The summed E-state index contributed by atoms with van der Waals surface area (Å²) in [5.74, 6) is -0.163. The number of carbonyl (C=O) groups is 2. The molecule has 2 aliphatic rings. The minimum absolute atomic E-state index is 0.0320. The van der Waals surface area contributed by atoms with E-state index in [9.17, 15) is 14.4 Å². The average molecular weight is 487 g/mol. The largest absolute Gasteiger partial charge is 0.353 e. The molecular weight excluding hydrogens is 464 g/mol. The lowest BCUT2D eigenvalue weighted by atomic mass is 9.96. The van der Waals surface area contributed by atoms with Crippen molar-refractivity contribution in [3.63, 3.8) is 0 Å². The van der Waals surface area contributed by atoms with Gasteiger partial charge in [0.15, 0.2) is 10.8 Å². The molecule has 0 unspecified atom stereocenters. The van der Waals surface area contributed by atoms with Gasteiger partial charge >= 0.3 is 0 Å². The Labute approximate surface area is 198 Å². The number of rotatable bonds is 6. The summed E-state index contributed by atoms with van der Waals surface area (Å²) in [6.07, 6.45) is 5.04. The van der Waals surface area contributed by atoms with Crippen molar-refractivity contribution in [1.29, 1.82) is 0 Å². The van der Waals surface area contributed by atoms with Crippen molar-refractivity contribution in [3.8, 4) is 0 Å². The Balaban J connectivity index is 1.25. The van der Waals surface area contributed by atoms with Crippen molar-refractivity contribution in [1.82, 2.24) is 19.9 Å². The Morgan fingerprint density at radius 3 is 2.70 bits per heavy atom. The SMILES string of the molecule is O=C(Cn1cnc2nc(N3CCC(C(=O)NC4CC4)CC3)sc2c1=O)Nc1cccc(Cl)c1. The highest BCUT2D eigenvalue weighted by Crippen LogP contribution is 2.30. The molecule has 5 rings (SSSR count). The van der Waals surface area contributed by atoms with Gasteiger partial charge in [0.05, 0.1) is 0 Å². The van der Waals surface area contributed by atoms with Gasteiger partial charge in [-0.05, 0) is 43.9 Å². The molecule has 172 valence electrons. The Morgan fingerprint density at radius 1 is 1.18 bits per heavy atom. The second kappa shape index (κ2) is 9.11. The maximum absolute atomic E-state index is 12.9. The summed E-state index contributed by atoms with van der Waals surface area (Å²) in [4.78, 5) is 48.5. The van der Waals surface area contributed by atoms with Crippen LogP contribution in [-0.2, 0) is 16.1 Å². The lowest BCUT2D eigenvalue weighted by Crippen LogP contribution is -2.41. The summed E-state index contributed by atoms with van der Waals surface area (Å²) in [5.41, 5.74) is 0.632. The average Bonchev–Trinajstić information content (AvgIpc) is 3.50. The molecule has 1 saturated heterocycles. The zero-order valence-electron chi connectivity index (χ0n) is 17.8. The molecule has 1 saturated carbocycles. The summed E-state index contributed by atoms with van der Waals surface area (Å²) in [6.45, 7) is 1.25. The molecule has 2 amide bonds. The standard InChI is InChI=1S/C22H23ClN6O3S/c23-14-2-1-3-16(10-14)25-17(30)11-29-12-24-19-18(21(29)32)33-22(27-19)28-8-6-13(7-9-28)20(31)26-15-4-5-15/h1-3,10,12-13,15H,4-9,11H2,(H,25,30)(H,26,31). The molecule has 9 nitrogen and oxygen atoms in total. The van der Waals surface area contributed by atoms with Crippen LogP contribution in [0.2, 0.25) is 5.02 Å². The van der Waals surface area contributed by atoms with Gasteiger partial charge in [-0.1, -0.05) is 29.0 Å². The van der Waals surface area contributed by atoms with Gasteiger partial charge in [-0.3, -0.25) is 19.0 Å². The van der Waals surface area contributed by atoms with Gasteiger partial charge in [-0.25, -0.2) is 4.98 Å². The highest BCUT2D eigenvalue weighted by atomic mass is 35.5. The minimum Gasteiger partial charge on any atom is -0.353 e. The fraction of sp³-hybridized carbons (Fsp3) is 0.409. The number of halogens is 1. The summed E-state index contributed by atoms with van der Waals surface area (Å²) < 4.78 is 1.69. The van der Waals surface area contributed by atoms with Crippen LogP contribution in [0.1, 0.15) is 25.7 Å². The number of thiazole rings is 1. The van der Waals surface area contributed by atoms with Crippen molar-refractivity contribution in [3.05, 3.63) is 46.0 Å². The molecular formula is C22H23ClN6O3S. The number of amides is 2. The Morgan fingerprint density at radius 2 is 1.97 bits per heavy atom. The first-order chi connectivity index (χ1) is 16.0. The quantitative estimate of drug-likeness (QED) is 0.554. The van der Waals surface area contributed by atoms with Gasteiger partial charge < -0.3 is 15.5 Å². The number of piperidine rings is 1. The normalized spacial score (nSPS) is 16.7. The fourth-order valence-corrected chi connectivity index (χ4v) is 5.10. The third-order valence-corrected chi connectivity index (χ3v) is 7.18. The van der Waals surface area contributed by atoms with Crippen LogP contribution in [-0.4, -0.2) is 45.5 Å². The number of carbonyl (C=O) groups excluding carboxylic acids is 2. The Bertz CT molecular complexity index is 1260. The van der Waals surface area contributed by atoms with Crippen molar-refractivity contribution in [2.45, 2.75) is 38.3 Å². The van der Waals surface area contributed by atoms with Crippen molar-refractivity contribution >= 4 is 55.9 Å². The van der Waals surface area contributed by atoms with Crippen LogP contribution in [0, 0.1) is 5.92 Å². The first-order valence-electron chi connectivity index (χ1n) is 10.9. The highest BCUT2D eigenvalue weighted by Gasteiger charge is 2.30.